The van der Waals surface area contributed by atoms with Gasteiger partial charge in [-0.2, -0.15) is 5.10 Å². The van der Waals surface area contributed by atoms with E-state index in [9.17, 15) is 0 Å². The molecule has 2 aromatic rings. The van der Waals surface area contributed by atoms with Crippen LogP contribution < -0.4 is 5.32 Å². The molecule has 0 amide bonds. The molecule has 0 bridgehead atoms. The van der Waals surface area contributed by atoms with Crippen LogP contribution in [0, 0.1) is 30.1 Å². The predicted octanol–water partition coefficient (Wildman–Crippen LogP) is 3.99. The monoisotopic (exact) mass is 396 g/mol. The van der Waals surface area contributed by atoms with Gasteiger partial charge in [0, 0.05) is 26.7 Å². The predicted molar refractivity (Wildman–Crippen MR) is 118 cm³/mol. The quantitative estimate of drug-likeness (QED) is 0.800. The first-order valence-corrected chi connectivity index (χ1v) is 11.1. The molecule has 1 aliphatic carbocycles. The van der Waals surface area contributed by atoms with Crippen LogP contribution >= 0.6 is 0 Å². The second-order valence-electron chi connectivity index (χ2n) is 10.4. The fraction of sp³-hybridized carbons (Fsp3) is 0.696. The maximum atomic E-state index is 4.42. The summed E-state index contributed by atoms with van der Waals surface area (Å²) in [5, 5.41) is 16.6. The molecular formula is C23H36N6. The molecule has 1 saturated heterocycles. The van der Waals surface area contributed by atoms with E-state index in [-0.39, 0.29) is 0 Å². The lowest BCUT2D eigenvalue weighted by molar-refractivity contribution is 0.246. The smallest absolute Gasteiger partial charge is 0.148 e. The van der Waals surface area contributed by atoms with Crippen LogP contribution in [-0.4, -0.2) is 51.1 Å². The van der Waals surface area contributed by atoms with E-state index >= 15 is 0 Å². The average molecular weight is 397 g/mol. The van der Waals surface area contributed by atoms with E-state index in [1.54, 1.807) is 0 Å². The van der Waals surface area contributed by atoms with Crippen LogP contribution in [0.4, 0.5) is 5.82 Å². The van der Waals surface area contributed by atoms with Gasteiger partial charge in [0.2, 0.25) is 0 Å². The number of likely N-dealkylation sites (tertiary alicyclic amines) is 1. The number of nitrogens with one attached hydrogen (secondary N) is 1. The highest BCUT2D eigenvalue weighted by Crippen LogP contribution is 2.41. The molecule has 2 aliphatic rings. The van der Waals surface area contributed by atoms with Gasteiger partial charge in [0.15, 0.2) is 0 Å². The van der Waals surface area contributed by atoms with Crippen molar-refractivity contribution in [3.8, 4) is 11.4 Å². The highest BCUT2D eigenvalue weighted by Gasteiger charge is 2.40. The third-order valence-corrected chi connectivity index (χ3v) is 6.70. The molecule has 2 aromatic heterocycles. The minimum Gasteiger partial charge on any atom is -0.368 e. The number of hydrogen-bond donors (Lipinski definition) is 1. The molecule has 1 N–H and O–H groups in total. The number of anilines is 1. The summed E-state index contributed by atoms with van der Waals surface area (Å²) in [5.74, 6) is 3.42. The third kappa shape index (κ3) is 4.80. The van der Waals surface area contributed by atoms with Crippen molar-refractivity contribution < 1.29 is 0 Å². The van der Waals surface area contributed by atoms with Gasteiger partial charge < -0.3 is 10.2 Å². The molecule has 1 saturated carbocycles. The van der Waals surface area contributed by atoms with Crippen LogP contribution in [0.25, 0.3) is 11.4 Å². The Labute approximate surface area is 175 Å². The molecule has 6 nitrogen and oxygen atoms in total. The Hall–Kier alpha value is -1.95. The van der Waals surface area contributed by atoms with Crippen LogP contribution in [0.2, 0.25) is 0 Å². The van der Waals surface area contributed by atoms with Gasteiger partial charge in [0.1, 0.15) is 11.5 Å². The van der Waals surface area contributed by atoms with Gasteiger partial charge in [-0.3, -0.25) is 4.68 Å². The van der Waals surface area contributed by atoms with Crippen LogP contribution in [0.3, 0.4) is 0 Å². The standard InChI is InChI=1S/C23H36N6/c1-16-12-25-28(5)22(16)20-6-7-21(27-26-20)24-13-17-10-18-14-29(15-19(18)11-17)9-8-23(2,3)4/h6-7,12,17-19H,8-11,13-15H2,1-5H3,(H,24,27)/t17-,18+,19-. The Kier molecular flexibility index (Phi) is 5.65. The van der Waals surface area contributed by atoms with E-state index in [0.717, 1.165) is 47.1 Å². The Balaban J connectivity index is 1.24. The average Bonchev–Trinajstić information content (AvgIpc) is 3.31. The number of aryl methyl sites for hydroxylation is 2. The van der Waals surface area contributed by atoms with Gasteiger partial charge in [0.25, 0.3) is 0 Å². The summed E-state index contributed by atoms with van der Waals surface area (Å²) in [6.45, 7) is 14.0. The lowest BCUT2D eigenvalue weighted by atomic mass is 9.92. The molecule has 3 heterocycles. The summed E-state index contributed by atoms with van der Waals surface area (Å²) < 4.78 is 1.86. The SMILES string of the molecule is Cc1cnn(C)c1-c1ccc(NC[C@H]2C[C@@H]3CN(CCC(C)(C)C)C[C@@H]3C2)nn1. The van der Waals surface area contributed by atoms with E-state index in [1.807, 2.05) is 30.1 Å². The molecule has 0 unspecified atom stereocenters. The molecule has 6 heteroatoms. The molecule has 0 spiro atoms. The molecule has 0 radical (unpaired) electrons. The fourth-order valence-electron chi connectivity index (χ4n) is 5.08. The number of nitrogens with zero attached hydrogens (tertiary/aromatic N) is 5. The fourth-order valence-corrected chi connectivity index (χ4v) is 5.08. The van der Waals surface area contributed by atoms with Gasteiger partial charge in [-0.05, 0) is 73.6 Å². The molecule has 0 aromatic carbocycles. The zero-order valence-electron chi connectivity index (χ0n) is 18.6. The minimum atomic E-state index is 0.441. The molecule has 2 fully saturated rings. The zero-order valence-corrected chi connectivity index (χ0v) is 18.6. The van der Waals surface area contributed by atoms with Crippen molar-refractivity contribution in [1.82, 2.24) is 24.9 Å². The summed E-state index contributed by atoms with van der Waals surface area (Å²) in [6.07, 6.45) is 5.86. The van der Waals surface area contributed by atoms with Gasteiger partial charge in [-0.15, -0.1) is 10.2 Å². The summed E-state index contributed by atoms with van der Waals surface area (Å²) >= 11 is 0. The largest absolute Gasteiger partial charge is 0.368 e. The van der Waals surface area contributed by atoms with Crippen molar-refractivity contribution >= 4 is 5.82 Å². The van der Waals surface area contributed by atoms with Crippen molar-refractivity contribution in [3.05, 3.63) is 23.9 Å². The molecular weight excluding hydrogens is 360 g/mol. The van der Waals surface area contributed by atoms with Crippen LogP contribution in [0.5, 0.6) is 0 Å². The van der Waals surface area contributed by atoms with Crippen LogP contribution in [-0.2, 0) is 7.05 Å². The molecule has 158 valence electrons. The van der Waals surface area contributed by atoms with Crippen LogP contribution in [0.1, 0.15) is 45.6 Å². The maximum Gasteiger partial charge on any atom is 0.148 e. The van der Waals surface area contributed by atoms with Crippen molar-refractivity contribution in [2.24, 2.45) is 30.2 Å². The third-order valence-electron chi connectivity index (χ3n) is 6.70. The second kappa shape index (κ2) is 8.05. The van der Waals surface area contributed by atoms with Crippen molar-refractivity contribution in [1.29, 1.82) is 0 Å². The van der Waals surface area contributed by atoms with E-state index < -0.39 is 0 Å². The van der Waals surface area contributed by atoms with Gasteiger partial charge >= 0.3 is 0 Å². The normalized spacial score (nSPS) is 24.8. The van der Waals surface area contributed by atoms with E-state index in [2.05, 4.69) is 53.2 Å². The molecule has 3 atom stereocenters. The zero-order chi connectivity index (χ0) is 20.6. The molecule has 4 rings (SSSR count). The van der Waals surface area contributed by atoms with Gasteiger partial charge in [-0.25, -0.2) is 0 Å². The van der Waals surface area contributed by atoms with Gasteiger partial charge in [-0.1, -0.05) is 20.8 Å². The van der Waals surface area contributed by atoms with Crippen LogP contribution in [0.15, 0.2) is 18.3 Å². The number of aromatic nitrogens is 4. The maximum absolute atomic E-state index is 4.42. The number of rotatable bonds is 6. The summed E-state index contributed by atoms with van der Waals surface area (Å²) in [5.41, 5.74) is 3.47. The first-order valence-electron chi connectivity index (χ1n) is 11.1. The van der Waals surface area contributed by atoms with Gasteiger partial charge in [0.05, 0.1) is 11.9 Å². The Morgan fingerprint density at radius 3 is 2.38 bits per heavy atom. The Bertz CT molecular complexity index is 785. The number of hydrogen-bond acceptors (Lipinski definition) is 5. The highest BCUT2D eigenvalue weighted by molar-refractivity contribution is 5.59. The van der Waals surface area contributed by atoms with E-state index in [1.165, 1.54) is 38.9 Å². The lowest BCUT2D eigenvalue weighted by Gasteiger charge is -2.24. The summed E-state index contributed by atoms with van der Waals surface area (Å²) in [6, 6.07) is 4.08. The second-order valence-corrected chi connectivity index (χ2v) is 10.4. The molecule has 29 heavy (non-hydrogen) atoms. The summed E-state index contributed by atoms with van der Waals surface area (Å²) in [7, 11) is 1.94. The van der Waals surface area contributed by atoms with Crippen molar-refractivity contribution in [2.45, 2.75) is 47.0 Å². The number of fused-ring (bicyclic) bond motifs is 1. The first-order chi connectivity index (χ1) is 13.8. The van der Waals surface area contributed by atoms with Crippen molar-refractivity contribution in [3.63, 3.8) is 0 Å². The summed E-state index contributed by atoms with van der Waals surface area (Å²) in [4.78, 5) is 2.70. The Morgan fingerprint density at radius 1 is 1.10 bits per heavy atom. The van der Waals surface area contributed by atoms with Crippen molar-refractivity contribution in [2.75, 3.05) is 31.5 Å². The lowest BCUT2D eigenvalue weighted by Crippen LogP contribution is -2.27. The van der Waals surface area contributed by atoms with E-state index in [0.29, 0.717) is 5.41 Å². The minimum absolute atomic E-state index is 0.441. The highest BCUT2D eigenvalue weighted by atomic mass is 15.3. The Morgan fingerprint density at radius 2 is 1.83 bits per heavy atom. The van der Waals surface area contributed by atoms with E-state index in [4.69, 9.17) is 0 Å². The topological polar surface area (TPSA) is 58.9 Å². The molecule has 1 aliphatic heterocycles. The first kappa shape index (κ1) is 20.3.